The number of aromatic nitrogens is 3. The lowest BCUT2D eigenvalue weighted by atomic mass is 10.0. The normalized spacial score (nSPS) is 23.0. The Kier molecular flexibility index (Phi) is 5.76. The van der Waals surface area contributed by atoms with E-state index in [-0.39, 0.29) is 6.10 Å². The number of rotatable bonds is 6. The van der Waals surface area contributed by atoms with Crippen LogP contribution in [0.3, 0.4) is 0 Å². The molecule has 1 fully saturated rings. The second-order valence-corrected chi connectivity index (χ2v) is 11.1. The summed E-state index contributed by atoms with van der Waals surface area (Å²) < 4.78 is 8.17. The lowest BCUT2D eigenvalue weighted by molar-refractivity contribution is 0.0726. The third-order valence-corrected chi connectivity index (χ3v) is 8.67. The first-order chi connectivity index (χ1) is 16.6. The Morgan fingerprint density at radius 1 is 1.12 bits per heavy atom. The van der Waals surface area contributed by atoms with Crippen LogP contribution in [-0.4, -0.2) is 33.7 Å². The number of imidazole rings is 1. The first-order valence-corrected chi connectivity index (χ1v) is 13.2. The van der Waals surface area contributed by atoms with Crippen LogP contribution in [0.1, 0.15) is 63.8 Å². The molecule has 1 N–H and O–H groups in total. The van der Waals surface area contributed by atoms with Crippen molar-refractivity contribution in [1.29, 1.82) is 0 Å². The molecule has 4 atom stereocenters. The Labute approximate surface area is 205 Å². The largest absolute Gasteiger partial charge is 0.375 e. The van der Waals surface area contributed by atoms with Crippen LogP contribution in [0.5, 0.6) is 0 Å². The molecular formula is C28H32N4OS. The highest BCUT2D eigenvalue weighted by molar-refractivity contribution is 7.11. The van der Waals surface area contributed by atoms with E-state index in [0.717, 1.165) is 43.4 Å². The number of ether oxygens (including phenoxy) is 1. The second kappa shape index (κ2) is 8.91. The molecule has 0 radical (unpaired) electrons. The summed E-state index contributed by atoms with van der Waals surface area (Å²) in [6, 6.07) is 18.2. The minimum atomic E-state index is 0.0951. The summed E-state index contributed by atoms with van der Waals surface area (Å²) in [7, 11) is 3.97. The molecule has 34 heavy (non-hydrogen) atoms. The van der Waals surface area contributed by atoms with Crippen molar-refractivity contribution in [2.45, 2.75) is 63.1 Å². The van der Waals surface area contributed by atoms with Gasteiger partial charge in [0.05, 0.1) is 33.8 Å². The molecule has 0 amide bonds. The van der Waals surface area contributed by atoms with E-state index in [4.69, 9.17) is 14.7 Å². The van der Waals surface area contributed by atoms with Crippen LogP contribution >= 0.6 is 11.3 Å². The lowest BCUT2D eigenvalue weighted by Crippen LogP contribution is -2.35. The van der Waals surface area contributed by atoms with Crippen molar-refractivity contribution in [2.24, 2.45) is 7.05 Å². The Hall–Kier alpha value is -2.54. The number of thiazole rings is 1. The predicted octanol–water partition coefficient (Wildman–Crippen LogP) is 5.47. The lowest BCUT2D eigenvalue weighted by Gasteiger charge is -2.24. The zero-order valence-electron chi connectivity index (χ0n) is 20.1. The standard InChI is InChI=1S/C28H32N4OS/c1-17-29-26-21(11-14-25(26)34-17)28-31-23-16-18(9-13-24(23)32(28)2)15-20-10-12-22(30-20)27(33-3)19-7-5-4-6-8-19/h4-9,13,16,20-22,27,30H,10-12,14-15H2,1-3H3/t20?,21-,22+,27?/m0/s1. The number of aryl methyl sites for hydroxylation is 3. The van der Waals surface area contributed by atoms with Gasteiger partial charge in [0.15, 0.2) is 0 Å². The average Bonchev–Trinajstić information content (AvgIpc) is 3.60. The van der Waals surface area contributed by atoms with Gasteiger partial charge in [0.25, 0.3) is 0 Å². The second-order valence-electron chi connectivity index (χ2n) is 9.80. The maximum atomic E-state index is 5.89. The van der Waals surface area contributed by atoms with Crippen LogP contribution in [0.25, 0.3) is 11.0 Å². The van der Waals surface area contributed by atoms with E-state index in [9.17, 15) is 0 Å². The van der Waals surface area contributed by atoms with Gasteiger partial charge in [0, 0.05) is 31.1 Å². The van der Waals surface area contributed by atoms with Gasteiger partial charge in [-0.1, -0.05) is 36.4 Å². The summed E-state index contributed by atoms with van der Waals surface area (Å²) in [5, 5.41) is 5.02. The predicted molar refractivity (Wildman–Crippen MR) is 138 cm³/mol. The van der Waals surface area contributed by atoms with Gasteiger partial charge in [-0.15, -0.1) is 11.3 Å². The van der Waals surface area contributed by atoms with E-state index < -0.39 is 0 Å². The molecule has 2 aliphatic rings. The summed E-state index contributed by atoms with van der Waals surface area (Å²) in [4.78, 5) is 11.4. The molecule has 6 rings (SSSR count). The van der Waals surface area contributed by atoms with Crippen molar-refractivity contribution >= 4 is 22.4 Å². The van der Waals surface area contributed by atoms with E-state index in [1.165, 1.54) is 32.2 Å². The van der Waals surface area contributed by atoms with Crippen LogP contribution in [0.4, 0.5) is 0 Å². The number of fused-ring (bicyclic) bond motifs is 2. The van der Waals surface area contributed by atoms with E-state index >= 15 is 0 Å². The van der Waals surface area contributed by atoms with Gasteiger partial charge in [-0.25, -0.2) is 9.97 Å². The van der Waals surface area contributed by atoms with Gasteiger partial charge in [-0.3, -0.25) is 0 Å². The molecular weight excluding hydrogens is 440 g/mol. The van der Waals surface area contributed by atoms with Crippen molar-refractivity contribution in [3.8, 4) is 0 Å². The first-order valence-electron chi connectivity index (χ1n) is 12.4. The molecule has 1 aliphatic carbocycles. The van der Waals surface area contributed by atoms with Crippen LogP contribution in [0, 0.1) is 6.92 Å². The zero-order valence-corrected chi connectivity index (χ0v) is 20.9. The highest BCUT2D eigenvalue weighted by atomic mass is 32.1. The SMILES string of the molecule is COC(c1ccccc1)[C@H]1CCC(Cc2ccc3c(c2)nc([C@H]2CCc4sc(C)nc42)n3C)N1. The smallest absolute Gasteiger partial charge is 0.118 e. The van der Waals surface area contributed by atoms with E-state index in [1.807, 2.05) is 18.4 Å². The van der Waals surface area contributed by atoms with E-state index in [1.54, 1.807) is 0 Å². The maximum absolute atomic E-state index is 5.89. The molecule has 3 heterocycles. The molecule has 2 aromatic heterocycles. The zero-order chi connectivity index (χ0) is 23.2. The molecule has 1 saturated heterocycles. The van der Waals surface area contributed by atoms with Gasteiger partial charge in [-0.2, -0.15) is 0 Å². The summed E-state index contributed by atoms with van der Waals surface area (Å²) in [6.45, 7) is 2.11. The van der Waals surface area contributed by atoms with E-state index in [0.29, 0.717) is 18.0 Å². The van der Waals surface area contributed by atoms with Crippen LogP contribution in [0.2, 0.25) is 0 Å². The quantitative estimate of drug-likeness (QED) is 0.404. The first kappa shape index (κ1) is 22.0. The van der Waals surface area contributed by atoms with Gasteiger partial charge in [-0.05, 0) is 62.3 Å². The molecule has 5 nitrogen and oxygen atoms in total. The van der Waals surface area contributed by atoms with Gasteiger partial charge in [0.1, 0.15) is 5.82 Å². The van der Waals surface area contributed by atoms with Gasteiger partial charge < -0.3 is 14.6 Å². The average molecular weight is 473 g/mol. The monoisotopic (exact) mass is 472 g/mol. The number of benzene rings is 2. The van der Waals surface area contributed by atoms with Crippen molar-refractivity contribution in [3.05, 3.63) is 81.1 Å². The summed E-state index contributed by atoms with van der Waals surface area (Å²) in [5.74, 6) is 1.48. The summed E-state index contributed by atoms with van der Waals surface area (Å²) in [5.41, 5.74) is 6.16. The highest BCUT2D eigenvalue weighted by Crippen LogP contribution is 2.40. The number of nitrogens with zero attached hydrogens (tertiary/aromatic N) is 3. The highest BCUT2D eigenvalue weighted by Gasteiger charge is 2.32. The van der Waals surface area contributed by atoms with E-state index in [2.05, 4.69) is 72.4 Å². The molecule has 0 spiro atoms. The molecule has 0 bridgehead atoms. The van der Waals surface area contributed by atoms with Gasteiger partial charge in [0.2, 0.25) is 0 Å². The number of hydrogen-bond donors (Lipinski definition) is 1. The molecule has 6 heteroatoms. The maximum Gasteiger partial charge on any atom is 0.118 e. The number of nitrogens with one attached hydrogen (secondary N) is 1. The molecule has 1 aliphatic heterocycles. The Balaban J connectivity index is 1.19. The van der Waals surface area contributed by atoms with Crippen molar-refractivity contribution < 1.29 is 4.74 Å². The summed E-state index contributed by atoms with van der Waals surface area (Å²) >= 11 is 1.85. The third-order valence-electron chi connectivity index (χ3n) is 7.62. The fraction of sp³-hybridized carbons (Fsp3) is 0.429. The third kappa shape index (κ3) is 3.88. The van der Waals surface area contributed by atoms with Gasteiger partial charge >= 0.3 is 0 Å². The number of methoxy groups -OCH3 is 1. The fourth-order valence-corrected chi connectivity index (χ4v) is 7.03. The van der Waals surface area contributed by atoms with Crippen molar-refractivity contribution in [1.82, 2.24) is 19.9 Å². The fourth-order valence-electron chi connectivity index (χ4n) is 6.01. The Morgan fingerprint density at radius 2 is 1.97 bits per heavy atom. The molecule has 4 aromatic rings. The van der Waals surface area contributed by atoms with Crippen LogP contribution in [0.15, 0.2) is 48.5 Å². The Morgan fingerprint density at radius 3 is 2.79 bits per heavy atom. The van der Waals surface area contributed by atoms with Crippen molar-refractivity contribution in [2.75, 3.05) is 7.11 Å². The molecule has 2 unspecified atom stereocenters. The Bertz CT molecular complexity index is 1310. The van der Waals surface area contributed by atoms with Crippen LogP contribution < -0.4 is 5.32 Å². The molecule has 176 valence electrons. The number of hydrogen-bond acceptors (Lipinski definition) is 5. The minimum Gasteiger partial charge on any atom is -0.375 e. The molecule has 0 saturated carbocycles. The van der Waals surface area contributed by atoms with Crippen LogP contribution in [-0.2, 0) is 24.6 Å². The summed E-state index contributed by atoms with van der Waals surface area (Å²) in [6.07, 6.45) is 5.65. The van der Waals surface area contributed by atoms with Crippen molar-refractivity contribution in [3.63, 3.8) is 0 Å². The molecule has 2 aromatic carbocycles. The minimum absolute atomic E-state index is 0.0951. The topological polar surface area (TPSA) is 52.0 Å².